The van der Waals surface area contributed by atoms with E-state index < -0.39 is 0 Å². The van der Waals surface area contributed by atoms with Crippen LogP contribution in [-0.2, 0) is 0 Å². The average Bonchev–Trinajstić information content (AvgIpc) is 2.44. The van der Waals surface area contributed by atoms with E-state index in [1.807, 2.05) is 26.3 Å². The number of nitrogens with one attached hydrogen (secondary N) is 2. The van der Waals surface area contributed by atoms with Gasteiger partial charge in [-0.3, -0.25) is 10.1 Å². The predicted octanol–water partition coefficient (Wildman–Crippen LogP) is 2.49. The van der Waals surface area contributed by atoms with Gasteiger partial charge >= 0.3 is 0 Å². The van der Waals surface area contributed by atoms with E-state index in [1.165, 1.54) is 11.8 Å². The molecule has 0 fully saturated rings. The van der Waals surface area contributed by atoms with Crippen LogP contribution in [0.5, 0.6) is 0 Å². The molecule has 0 saturated heterocycles. The minimum Gasteiger partial charge on any atom is -0.352 e. The quantitative estimate of drug-likeness (QED) is 0.386. The monoisotopic (exact) mass is 290 g/mol. The molecule has 6 heteroatoms. The molecule has 0 saturated carbocycles. The Balaban J connectivity index is 2.85. The lowest BCUT2D eigenvalue weighted by Crippen LogP contribution is -2.27. The van der Waals surface area contributed by atoms with E-state index in [0.717, 1.165) is 0 Å². The second-order valence-electron chi connectivity index (χ2n) is 4.51. The van der Waals surface area contributed by atoms with Crippen LogP contribution in [-0.4, -0.2) is 23.9 Å². The standard InChI is InChI=1S/C14H18N4OS/c1-10(2)8-16-13(19)11-5-4-6-12(7-11)18-14(20-3)17-9-15/h4-7,10H,8H2,1-3H3,(H,16,19)(H,17,18). The van der Waals surface area contributed by atoms with E-state index in [-0.39, 0.29) is 5.91 Å². The summed E-state index contributed by atoms with van der Waals surface area (Å²) in [5.74, 6) is 0.290. The Hall–Kier alpha value is -2.00. The fraction of sp³-hybridized carbons (Fsp3) is 0.357. The largest absolute Gasteiger partial charge is 0.352 e. The molecule has 0 atom stereocenters. The molecule has 0 heterocycles. The lowest BCUT2D eigenvalue weighted by molar-refractivity contribution is 0.0949. The number of hydrogen-bond donors (Lipinski definition) is 2. The molecule has 0 unspecified atom stereocenters. The maximum Gasteiger partial charge on any atom is 0.251 e. The maximum atomic E-state index is 11.9. The third kappa shape index (κ3) is 5.33. The maximum absolute atomic E-state index is 11.9. The lowest BCUT2D eigenvalue weighted by Gasteiger charge is -2.08. The van der Waals surface area contributed by atoms with Crippen molar-refractivity contribution in [2.24, 2.45) is 10.9 Å². The first-order valence-corrected chi connectivity index (χ1v) is 7.45. The Labute approximate surface area is 123 Å². The van der Waals surface area contributed by atoms with E-state index in [4.69, 9.17) is 5.26 Å². The number of aliphatic imine (C=N–C) groups is 1. The minimum atomic E-state index is -0.116. The van der Waals surface area contributed by atoms with Crippen molar-refractivity contribution in [1.29, 1.82) is 5.26 Å². The van der Waals surface area contributed by atoms with Gasteiger partial charge in [-0.2, -0.15) is 5.26 Å². The molecule has 0 aliphatic carbocycles. The van der Waals surface area contributed by atoms with Crippen molar-refractivity contribution in [3.05, 3.63) is 29.8 Å². The third-order valence-electron chi connectivity index (χ3n) is 2.37. The Morgan fingerprint density at radius 3 is 2.85 bits per heavy atom. The van der Waals surface area contributed by atoms with Crippen molar-refractivity contribution in [3.8, 4) is 6.19 Å². The first-order chi connectivity index (χ1) is 9.56. The van der Waals surface area contributed by atoms with E-state index in [9.17, 15) is 4.79 Å². The zero-order valence-corrected chi connectivity index (χ0v) is 12.6. The van der Waals surface area contributed by atoms with E-state index >= 15 is 0 Å². The molecular formula is C14H18N4OS. The van der Waals surface area contributed by atoms with Gasteiger partial charge in [0, 0.05) is 12.1 Å². The number of benzene rings is 1. The number of carbonyl (C=O) groups is 1. The topological polar surface area (TPSA) is 77.3 Å². The summed E-state index contributed by atoms with van der Waals surface area (Å²) in [6.45, 7) is 4.72. The lowest BCUT2D eigenvalue weighted by atomic mass is 10.1. The smallest absolute Gasteiger partial charge is 0.251 e. The molecule has 1 aromatic carbocycles. The SMILES string of the molecule is CSC(=Nc1cccc(C(=O)NCC(C)C)c1)NC#N. The molecule has 0 aliphatic rings. The van der Waals surface area contributed by atoms with Crippen molar-refractivity contribution in [3.63, 3.8) is 0 Å². The van der Waals surface area contributed by atoms with Crippen molar-refractivity contribution in [1.82, 2.24) is 10.6 Å². The first-order valence-electron chi connectivity index (χ1n) is 6.23. The van der Waals surface area contributed by atoms with Crippen LogP contribution in [0.3, 0.4) is 0 Å². The van der Waals surface area contributed by atoms with Crippen LogP contribution in [0.25, 0.3) is 0 Å². The molecule has 0 spiro atoms. The average molecular weight is 290 g/mol. The van der Waals surface area contributed by atoms with Crippen molar-refractivity contribution in [2.45, 2.75) is 13.8 Å². The van der Waals surface area contributed by atoms with Gasteiger partial charge in [0.05, 0.1) is 5.69 Å². The van der Waals surface area contributed by atoms with Crippen molar-refractivity contribution in [2.75, 3.05) is 12.8 Å². The highest BCUT2D eigenvalue weighted by atomic mass is 32.2. The zero-order valence-electron chi connectivity index (χ0n) is 11.8. The molecule has 0 aromatic heterocycles. The minimum absolute atomic E-state index is 0.116. The van der Waals surface area contributed by atoms with Crippen molar-refractivity contribution < 1.29 is 4.79 Å². The Morgan fingerprint density at radius 2 is 2.25 bits per heavy atom. The molecule has 20 heavy (non-hydrogen) atoms. The molecule has 2 N–H and O–H groups in total. The molecule has 0 bridgehead atoms. The highest BCUT2D eigenvalue weighted by Crippen LogP contribution is 2.16. The molecule has 106 valence electrons. The Bertz CT molecular complexity index is 534. The number of amidine groups is 1. The molecule has 0 aliphatic heterocycles. The van der Waals surface area contributed by atoms with Crippen LogP contribution < -0.4 is 10.6 Å². The highest BCUT2D eigenvalue weighted by molar-refractivity contribution is 8.13. The fourth-order valence-corrected chi connectivity index (χ4v) is 1.75. The zero-order chi connectivity index (χ0) is 15.0. The second kappa shape index (κ2) is 8.23. The summed E-state index contributed by atoms with van der Waals surface area (Å²) in [5, 5.41) is 14.4. The summed E-state index contributed by atoms with van der Waals surface area (Å²) < 4.78 is 0. The Morgan fingerprint density at radius 1 is 1.50 bits per heavy atom. The van der Waals surface area contributed by atoms with Crippen LogP contribution in [0.2, 0.25) is 0 Å². The summed E-state index contributed by atoms with van der Waals surface area (Å²) >= 11 is 1.33. The predicted molar refractivity (Wildman–Crippen MR) is 83.0 cm³/mol. The van der Waals surface area contributed by atoms with Crippen LogP contribution in [0, 0.1) is 17.4 Å². The number of hydrogen-bond acceptors (Lipinski definition) is 4. The second-order valence-corrected chi connectivity index (χ2v) is 5.31. The molecule has 5 nitrogen and oxygen atoms in total. The number of nitriles is 1. The molecule has 0 radical (unpaired) electrons. The summed E-state index contributed by atoms with van der Waals surface area (Å²) in [4.78, 5) is 16.2. The van der Waals surface area contributed by atoms with Crippen molar-refractivity contribution >= 4 is 28.5 Å². The van der Waals surface area contributed by atoms with E-state index in [2.05, 4.69) is 15.6 Å². The van der Waals surface area contributed by atoms with Gasteiger partial charge in [0.1, 0.15) is 0 Å². The van der Waals surface area contributed by atoms with Crippen LogP contribution >= 0.6 is 11.8 Å². The summed E-state index contributed by atoms with van der Waals surface area (Å²) in [7, 11) is 0. The molecular weight excluding hydrogens is 272 g/mol. The molecule has 1 amide bonds. The first kappa shape index (κ1) is 16.1. The van der Waals surface area contributed by atoms with Gasteiger partial charge in [0.2, 0.25) is 0 Å². The number of rotatable bonds is 4. The van der Waals surface area contributed by atoms with E-state index in [0.29, 0.717) is 28.9 Å². The highest BCUT2D eigenvalue weighted by Gasteiger charge is 2.06. The third-order valence-corrected chi connectivity index (χ3v) is 2.95. The van der Waals surface area contributed by atoms with Crippen LogP contribution in [0.4, 0.5) is 5.69 Å². The van der Waals surface area contributed by atoms with Gasteiger partial charge in [-0.15, -0.1) is 0 Å². The Kier molecular flexibility index (Phi) is 6.60. The van der Waals surface area contributed by atoms with E-state index in [1.54, 1.807) is 24.3 Å². The summed E-state index contributed by atoms with van der Waals surface area (Å²) in [5.41, 5.74) is 1.19. The normalized spacial score (nSPS) is 11.1. The number of carbonyl (C=O) groups excluding carboxylic acids is 1. The number of amides is 1. The fourth-order valence-electron chi connectivity index (χ4n) is 1.41. The van der Waals surface area contributed by atoms with Gasteiger partial charge in [-0.1, -0.05) is 31.7 Å². The summed E-state index contributed by atoms with van der Waals surface area (Å²) in [6.07, 6.45) is 3.65. The molecule has 1 aromatic rings. The number of nitrogens with zero attached hydrogens (tertiary/aromatic N) is 2. The van der Waals surface area contributed by atoms with Gasteiger partial charge in [-0.25, -0.2) is 4.99 Å². The van der Waals surface area contributed by atoms with Gasteiger partial charge in [0.15, 0.2) is 11.4 Å². The summed E-state index contributed by atoms with van der Waals surface area (Å²) in [6, 6.07) is 7.00. The molecule has 1 rings (SSSR count). The van der Waals surface area contributed by atoms with Crippen LogP contribution in [0.15, 0.2) is 29.3 Å². The van der Waals surface area contributed by atoms with Gasteiger partial charge in [-0.05, 0) is 30.4 Å². The van der Waals surface area contributed by atoms with Gasteiger partial charge in [0.25, 0.3) is 5.91 Å². The van der Waals surface area contributed by atoms with Gasteiger partial charge < -0.3 is 5.32 Å². The number of thioether (sulfide) groups is 1. The van der Waals surface area contributed by atoms with Crippen LogP contribution in [0.1, 0.15) is 24.2 Å².